The first-order valence-electron chi connectivity index (χ1n) is 9.54. The minimum atomic E-state index is -0.710. The number of ether oxygens (including phenoxy) is 1. The topological polar surface area (TPSA) is 68.6 Å². The Bertz CT molecular complexity index is 678. The van der Waals surface area contributed by atoms with Crippen LogP contribution in [-0.2, 0) is 4.79 Å². The fourth-order valence-electron chi connectivity index (χ4n) is 3.41. The van der Waals surface area contributed by atoms with Crippen molar-refractivity contribution in [2.24, 2.45) is 5.92 Å². The second kappa shape index (κ2) is 8.92. The van der Waals surface area contributed by atoms with E-state index in [1.807, 2.05) is 31.2 Å². The molecule has 0 radical (unpaired) electrons. The number of benzene rings is 1. The summed E-state index contributed by atoms with van der Waals surface area (Å²) in [6.07, 6.45) is 2.06. The van der Waals surface area contributed by atoms with Crippen LogP contribution in [0.15, 0.2) is 24.3 Å². The molecule has 3 rings (SSSR count). The van der Waals surface area contributed by atoms with Crippen molar-refractivity contribution >= 4 is 17.5 Å². The summed E-state index contributed by atoms with van der Waals surface area (Å²) < 4.78 is 5.74. The Morgan fingerprint density at radius 2 is 1.89 bits per heavy atom. The van der Waals surface area contributed by atoms with Gasteiger partial charge in [0, 0.05) is 37.7 Å². The number of nitrogens with zero attached hydrogens (tertiary/aromatic N) is 3. The Kier molecular flexibility index (Phi) is 6.59. The molecular weight excluding hydrogens is 364 g/mol. The molecule has 1 aliphatic heterocycles. The lowest BCUT2D eigenvalue weighted by molar-refractivity contribution is -0.124. The molecule has 1 aromatic carbocycles. The zero-order valence-electron chi connectivity index (χ0n) is 15.8. The lowest BCUT2D eigenvalue weighted by atomic mass is 9.98. The fourth-order valence-corrected chi connectivity index (χ4v) is 3.53. The predicted octanol–water partition coefficient (Wildman–Crippen LogP) is 2.14. The molecule has 1 saturated heterocycles. The van der Waals surface area contributed by atoms with Crippen LogP contribution in [0.2, 0.25) is 5.02 Å². The molecule has 1 aliphatic carbocycles. The average Bonchev–Trinajstić information content (AvgIpc) is 3.50. The van der Waals surface area contributed by atoms with Gasteiger partial charge in [-0.15, -0.1) is 0 Å². The number of rotatable bonds is 8. The van der Waals surface area contributed by atoms with Crippen molar-refractivity contribution in [3.8, 4) is 11.8 Å². The summed E-state index contributed by atoms with van der Waals surface area (Å²) in [6, 6.07) is 9.66. The van der Waals surface area contributed by atoms with Crippen LogP contribution in [0.3, 0.4) is 0 Å². The standard InChI is InChI=1S/C20H27ClN4O2/c1-20(15-22,16-2-3-16)23-19(26)14-25-10-8-24(9-11-25)12-13-27-18-6-4-17(21)5-7-18/h4-7,16H,2-3,8-14H2,1H3,(H,23,26)/t20-/m0/s1. The quantitative estimate of drug-likeness (QED) is 0.736. The first-order chi connectivity index (χ1) is 13.0. The van der Waals surface area contributed by atoms with Gasteiger partial charge in [0.15, 0.2) is 0 Å². The van der Waals surface area contributed by atoms with Crippen molar-refractivity contribution in [2.75, 3.05) is 45.9 Å². The van der Waals surface area contributed by atoms with Crippen LogP contribution in [0.4, 0.5) is 0 Å². The van der Waals surface area contributed by atoms with Crippen molar-refractivity contribution in [1.82, 2.24) is 15.1 Å². The number of hydrogen-bond acceptors (Lipinski definition) is 5. The minimum absolute atomic E-state index is 0.0505. The van der Waals surface area contributed by atoms with E-state index < -0.39 is 5.54 Å². The van der Waals surface area contributed by atoms with E-state index in [4.69, 9.17) is 16.3 Å². The van der Waals surface area contributed by atoms with Gasteiger partial charge in [-0.3, -0.25) is 14.6 Å². The molecule has 2 aliphatic rings. The molecule has 1 saturated carbocycles. The summed E-state index contributed by atoms with van der Waals surface area (Å²) in [5, 5.41) is 13.0. The highest BCUT2D eigenvalue weighted by Crippen LogP contribution is 2.39. The Morgan fingerprint density at radius 1 is 1.26 bits per heavy atom. The normalized spacial score (nSPS) is 20.5. The minimum Gasteiger partial charge on any atom is -0.492 e. The molecule has 0 unspecified atom stereocenters. The molecule has 1 atom stereocenters. The maximum absolute atomic E-state index is 12.3. The second-order valence-corrected chi connectivity index (χ2v) is 7.99. The summed E-state index contributed by atoms with van der Waals surface area (Å²) in [6.45, 7) is 7.20. The molecule has 0 spiro atoms. The van der Waals surface area contributed by atoms with E-state index in [-0.39, 0.29) is 5.91 Å². The molecule has 1 N–H and O–H groups in total. The van der Waals surface area contributed by atoms with Crippen molar-refractivity contribution in [3.63, 3.8) is 0 Å². The van der Waals surface area contributed by atoms with Crippen molar-refractivity contribution in [3.05, 3.63) is 29.3 Å². The van der Waals surface area contributed by atoms with Gasteiger partial charge in [0.2, 0.25) is 5.91 Å². The van der Waals surface area contributed by atoms with Gasteiger partial charge in [0.1, 0.15) is 17.9 Å². The van der Waals surface area contributed by atoms with Crippen LogP contribution in [0.25, 0.3) is 0 Å². The van der Waals surface area contributed by atoms with Crippen LogP contribution < -0.4 is 10.1 Å². The number of piperazine rings is 1. The first kappa shape index (κ1) is 19.9. The number of nitrogens with one attached hydrogen (secondary N) is 1. The largest absolute Gasteiger partial charge is 0.492 e. The molecule has 1 heterocycles. The van der Waals surface area contributed by atoms with E-state index in [0.29, 0.717) is 24.1 Å². The van der Waals surface area contributed by atoms with Gasteiger partial charge >= 0.3 is 0 Å². The number of nitriles is 1. The van der Waals surface area contributed by atoms with E-state index >= 15 is 0 Å². The van der Waals surface area contributed by atoms with E-state index in [1.54, 1.807) is 0 Å². The van der Waals surface area contributed by atoms with Crippen LogP contribution >= 0.6 is 11.6 Å². The van der Waals surface area contributed by atoms with Gasteiger partial charge < -0.3 is 10.1 Å². The zero-order chi connectivity index (χ0) is 19.3. The number of hydrogen-bond donors (Lipinski definition) is 1. The highest BCUT2D eigenvalue weighted by atomic mass is 35.5. The van der Waals surface area contributed by atoms with Crippen molar-refractivity contribution in [2.45, 2.75) is 25.3 Å². The van der Waals surface area contributed by atoms with Gasteiger partial charge in [-0.1, -0.05) is 11.6 Å². The molecule has 0 aromatic heterocycles. The van der Waals surface area contributed by atoms with Crippen LogP contribution in [0.5, 0.6) is 5.75 Å². The van der Waals surface area contributed by atoms with Crippen LogP contribution in [0, 0.1) is 17.2 Å². The third-order valence-corrected chi connectivity index (χ3v) is 5.60. The molecule has 0 bridgehead atoms. The van der Waals surface area contributed by atoms with Gasteiger partial charge in [0.25, 0.3) is 0 Å². The monoisotopic (exact) mass is 390 g/mol. The molecule has 1 aromatic rings. The second-order valence-electron chi connectivity index (χ2n) is 7.56. The Morgan fingerprint density at radius 3 is 2.48 bits per heavy atom. The number of amides is 1. The van der Waals surface area contributed by atoms with Gasteiger partial charge in [0.05, 0.1) is 12.6 Å². The van der Waals surface area contributed by atoms with E-state index in [9.17, 15) is 10.1 Å². The lowest BCUT2D eigenvalue weighted by Crippen LogP contribution is -2.53. The SMILES string of the molecule is C[C@@](C#N)(NC(=O)CN1CCN(CCOc2ccc(Cl)cc2)CC1)C1CC1. The lowest BCUT2D eigenvalue weighted by Gasteiger charge is -2.34. The van der Waals surface area contributed by atoms with E-state index in [1.165, 1.54) is 0 Å². The summed E-state index contributed by atoms with van der Waals surface area (Å²) in [7, 11) is 0. The summed E-state index contributed by atoms with van der Waals surface area (Å²) in [5.41, 5.74) is -0.710. The molecule has 27 heavy (non-hydrogen) atoms. The number of halogens is 1. The fraction of sp³-hybridized carbons (Fsp3) is 0.600. The molecule has 2 fully saturated rings. The Labute approximate surface area is 166 Å². The van der Waals surface area contributed by atoms with Crippen LogP contribution in [0.1, 0.15) is 19.8 Å². The molecule has 1 amide bonds. The Hall–Kier alpha value is -1.81. The van der Waals surface area contributed by atoms with Gasteiger partial charge in [-0.05, 0) is 49.9 Å². The van der Waals surface area contributed by atoms with Crippen LogP contribution in [-0.4, -0.2) is 67.1 Å². The zero-order valence-corrected chi connectivity index (χ0v) is 16.5. The number of carbonyl (C=O) groups excluding carboxylic acids is 1. The highest BCUT2D eigenvalue weighted by Gasteiger charge is 2.43. The Balaban J connectivity index is 1.33. The average molecular weight is 391 g/mol. The summed E-state index contributed by atoms with van der Waals surface area (Å²) in [5.74, 6) is 1.08. The smallest absolute Gasteiger partial charge is 0.235 e. The third kappa shape index (κ3) is 5.83. The van der Waals surface area contributed by atoms with Gasteiger partial charge in [-0.25, -0.2) is 0 Å². The van der Waals surface area contributed by atoms with Crippen molar-refractivity contribution in [1.29, 1.82) is 5.26 Å². The maximum atomic E-state index is 12.3. The molecule has 146 valence electrons. The third-order valence-electron chi connectivity index (χ3n) is 5.35. The van der Waals surface area contributed by atoms with E-state index in [2.05, 4.69) is 21.2 Å². The van der Waals surface area contributed by atoms with Gasteiger partial charge in [-0.2, -0.15) is 5.26 Å². The maximum Gasteiger partial charge on any atom is 0.235 e. The molecule has 6 nitrogen and oxygen atoms in total. The molecule has 7 heteroatoms. The van der Waals surface area contributed by atoms with E-state index in [0.717, 1.165) is 51.3 Å². The molecular formula is C20H27ClN4O2. The highest BCUT2D eigenvalue weighted by molar-refractivity contribution is 6.30. The summed E-state index contributed by atoms with van der Waals surface area (Å²) in [4.78, 5) is 16.8. The summed E-state index contributed by atoms with van der Waals surface area (Å²) >= 11 is 5.87. The predicted molar refractivity (Wildman–Crippen MR) is 105 cm³/mol. The van der Waals surface area contributed by atoms with Crippen molar-refractivity contribution < 1.29 is 9.53 Å². The number of carbonyl (C=O) groups is 1. The first-order valence-corrected chi connectivity index (χ1v) is 9.91.